The number of hydrogen-bond donors (Lipinski definition) is 3. The lowest BCUT2D eigenvalue weighted by atomic mass is 9.64. The monoisotopic (exact) mass is 283 g/mol. The SMILES string of the molecule is CCC1C[C@H](C(=O)NC2CC(O)C2(C)C)[C@H](C(=O)O)C1. The van der Waals surface area contributed by atoms with Crippen molar-refractivity contribution in [1.29, 1.82) is 0 Å². The molecule has 2 aliphatic carbocycles. The summed E-state index contributed by atoms with van der Waals surface area (Å²) in [5.74, 6) is -1.68. The molecule has 114 valence electrons. The number of carbonyl (C=O) groups is 2. The van der Waals surface area contributed by atoms with Crippen LogP contribution in [0.4, 0.5) is 0 Å². The van der Waals surface area contributed by atoms with Gasteiger partial charge in [0.15, 0.2) is 0 Å². The third kappa shape index (κ3) is 2.55. The van der Waals surface area contributed by atoms with Crippen LogP contribution in [0.15, 0.2) is 0 Å². The predicted molar refractivity (Wildman–Crippen MR) is 74.0 cm³/mol. The number of hydrogen-bond acceptors (Lipinski definition) is 3. The van der Waals surface area contributed by atoms with Crippen molar-refractivity contribution in [2.45, 2.75) is 58.6 Å². The van der Waals surface area contributed by atoms with E-state index in [2.05, 4.69) is 5.32 Å². The molecule has 3 N–H and O–H groups in total. The minimum Gasteiger partial charge on any atom is -0.481 e. The largest absolute Gasteiger partial charge is 0.481 e. The number of rotatable bonds is 4. The number of aliphatic carboxylic acids is 1. The normalized spacial score (nSPS) is 39.1. The minimum absolute atomic E-state index is 0.0554. The fourth-order valence-electron chi connectivity index (χ4n) is 3.47. The maximum absolute atomic E-state index is 12.4. The molecule has 0 heterocycles. The molecule has 2 saturated carbocycles. The standard InChI is InChI=1S/C15H25NO4/c1-4-8-5-9(10(6-8)14(19)20)13(18)16-11-7-12(17)15(11,2)3/h8-12,17H,4-7H2,1-3H3,(H,16,18)(H,19,20)/t8?,9-,10+,11?,12?/m0/s1. The Labute approximate surface area is 119 Å². The fraction of sp³-hybridized carbons (Fsp3) is 0.867. The summed E-state index contributed by atoms with van der Waals surface area (Å²) in [6.45, 7) is 5.88. The number of nitrogens with one attached hydrogen (secondary N) is 1. The molecule has 0 bridgehead atoms. The summed E-state index contributed by atoms with van der Waals surface area (Å²) in [5, 5.41) is 21.9. The molecule has 0 spiro atoms. The lowest BCUT2D eigenvalue weighted by molar-refractivity contribution is -0.147. The summed E-state index contributed by atoms with van der Waals surface area (Å²) in [4.78, 5) is 23.7. The zero-order chi connectivity index (χ0) is 15.1. The Kier molecular flexibility index (Phi) is 4.09. The van der Waals surface area contributed by atoms with Crippen LogP contribution >= 0.6 is 0 Å². The Balaban J connectivity index is 1.99. The van der Waals surface area contributed by atoms with Crippen molar-refractivity contribution in [1.82, 2.24) is 5.32 Å². The summed E-state index contributed by atoms with van der Waals surface area (Å²) in [5.41, 5.74) is -0.322. The fourth-order valence-corrected chi connectivity index (χ4v) is 3.47. The van der Waals surface area contributed by atoms with Gasteiger partial charge in [-0.15, -0.1) is 0 Å². The third-order valence-corrected chi connectivity index (χ3v) is 5.42. The van der Waals surface area contributed by atoms with Crippen molar-refractivity contribution in [3.05, 3.63) is 0 Å². The van der Waals surface area contributed by atoms with Gasteiger partial charge in [-0.25, -0.2) is 0 Å². The van der Waals surface area contributed by atoms with Crippen molar-refractivity contribution in [3.63, 3.8) is 0 Å². The van der Waals surface area contributed by atoms with Crippen LogP contribution in [0.3, 0.4) is 0 Å². The molecule has 0 saturated heterocycles. The van der Waals surface area contributed by atoms with Gasteiger partial charge in [0.2, 0.25) is 5.91 Å². The van der Waals surface area contributed by atoms with Gasteiger partial charge in [0.1, 0.15) is 0 Å². The molecule has 3 unspecified atom stereocenters. The van der Waals surface area contributed by atoms with E-state index in [0.717, 1.165) is 6.42 Å². The molecule has 0 aliphatic heterocycles. The number of aliphatic hydroxyl groups excluding tert-OH is 1. The maximum Gasteiger partial charge on any atom is 0.307 e. The molecular formula is C15H25NO4. The first-order chi connectivity index (χ1) is 9.27. The molecule has 0 aromatic carbocycles. The second kappa shape index (κ2) is 5.35. The van der Waals surface area contributed by atoms with Crippen LogP contribution in [0.5, 0.6) is 0 Å². The second-order valence-corrected chi connectivity index (χ2v) is 6.93. The zero-order valence-corrected chi connectivity index (χ0v) is 12.4. The van der Waals surface area contributed by atoms with Gasteiger partial charge in [-0.1, -0.05) is 27.2 Å². The summed E-state index contributed by atoms with van der Waals surface area (Å²) >= 11 is 0. The first-order valence-corrected chi connectivity index (χ1v) is 7.48. The van der Waals surface area contributed by atoms with Crippen molar-refractivity contribution in [2.24, 2.45) is 23.2 Å². The first-order valence-electron chi connectivity index (χ1n) is 7.48. The van der Waals surface area contributed by atoms with E-state index < -0.39 is 23.9 Å². The summed E-state index contributed by atoms with van der Waals surface area (Å²) < 4.78 is 0. The Morgan fingerprint density at radius 1 is 1.20 bits per heavy atom. The number of carboxylic acids is 1. The van der Waals surface area contributed by atoms with Crippen LogP contribution in [-0.4, -0.2) is 34.2 Å². The van der Waals surface area contributed by atoms with Gasteiger partial charge in [0, 0.05) is 11.5 Å². The summed E-state index contributed by atoms with van der Waals surface area (Å²) in [6, 6.07) is -0.0554. The Bertz CT molecular complexity index is 407. The average molecular weight is 283 g/mol. The topological polar surface area (TPSA) is 86.6 Å². The van der Waals surface area contributed by atoms with Crippen LogP contribution < -0.4 is 5.32 Å². The Morgan fingerprint density at radius 3 is 2.25 bits per heavy atom. The van der Waals surface area contributed by atoms with Gasteiger partial charge in [-0.05, 0) is 25.2 Å². The van der Waals surface area contributed by atoms with E-state index in [1.54, 1.807) is 0 Å². The van der Waals surface area contributed by atoms with Crippen molar-refractivity contribution >= 4 is 11.9 Å². The second-order valence-electron chi connectivity index (χ2n) is 6.93. The average Bonchev–Trinajstić information content (AvgIpc) is 2.82. The molecule has 0 radical (unpaired) electrons. The van der Waals surface area contributed by atoms with Crippen LogP contribution in [0.25, 0.3) is 0 Å². The van der Waals surface area contributed by atoms with E-state index >= 15 is 0 Å². The summed E-state index contributed by atoms with van der Waals surface area (Å²) in [6.07, 6.45) is 2.34. The number of aliphatic hydroxyl groups is 1. The quantitative estimate of drug-likeness (QED) is 0.728. The molecule has 5 atom stereocenters. The van der Waals surface area contributed by atoms with E-state index in [1.165, 1.54) is 0 Å². The van der Waals surface area contributed by atoms with E-state index in [-0.39, 0.29) is 17.4 Å². The molecule has 5 heteroatoms. The smallest absolute Gasteiger partial charge is 0.307 e. The summed E-state index contributed by atoms with van der Waals surface area (Å²) in [7, 11) is 0. The number of carbonyl (C=O) groups excluding carboxylic acids is 1. The maximum atomic E-state index is 12.4. The van der Waals surface area contributed by atoms with E-state index in [1.807, 2.05) is 20.8 Å². The van der Waals surface area contributed by atoms with E-state index in [4.69, 9.17) is 0 Å². The molecule has 1 amide bonds. The van der Waals surface area contributed by atoms with Crippen LogP contribution in [0.2, 0.25) is 0 Å². The van der Waals surface area contributed by atoms with Gasteiger partial charge < -0.3 is 15.5 Å². The van der Waals surface area contributed by atoms with E-state index in [9.17, 15) is 19.8 Å². The van der Waals surface area contributed by atoms with Crippen molar-refractivity contribution < 1.29 is 19.8 Å². The predicted octanol–water partition coefficient (Wildman–Crippen LogP) is 1.40. The van der Waals surface area contributed by atoms with Crippen LogP contribution in [-0.2, 0) is 9.59 Å². The highest BCUT2D eigenvalue weighted by molar-refractivity contribution is 5.85. The molecule has 2 aliphatic rings. The lowest BCUT2D eigenvalue weighted by Gasteiger charge is -2.49. The number of carboxylic acid groups (broad SMARTS) is 1. The molecule has 2 rings (SSSR count). The van der Waals surface area contributed by atoms with Gasteiger partial charge in [-0.3, -0.25) is 9.59 Å². The molecule has 0 aromatic rings. The van der Waals surface area contributed by atoms with Gasteiger partial charge in [0.25, 0.3) is 0 Å². The Morgan fingerprint density at radius 2 is 1.80 bits per heavy atom. The van der Waals surface area contributed by atoms with Gasteiger partial charge >= 0.3 is 5.97 Å². The highest BCUT2D eigenvalue weighted by atomic mass is 16.4. The van der Waals surface area contributed by atoms with Crippen molar-refractivity contribution in [2.75, 3.05) is 0 Å². The van der Waals surface area contributed by atoms with Gasteiger partial charge in [-0.2, -0.15) is 0 Å². The van der Waals surface area contributed by atoms with Crippen molar-refractivity contribution in [3.8, 4) is 0 Å². The zero-order valence-electron chi connectivity index (χ0n) is 12.4. The molecule has 20 heavy (non-hydrogen) atoms. The van der Waals surface area contributed by atoms with Gasteiger partial charge in [0.05, 0.1) is 17.9 Å². The van der Waals surface area contributed by atoms with E-state index in [0.29, 0.717) is 25.2 Å². The molecule has 0 aromatic heterocycles. The highest BCUT2D eigenvalue weighted by Gasteiger charge is 2.50. The first kappa shape index (κ1) is 15.3. The lowest BCUT2D eigenvalue weighted by Crippen LogP contribution is -2.62. The molecular weight excluding hydrogens is 258 g/mol. The third-order valence-electron chi connectivity index (χ3n) is 5.42. The van der Waals surface area contributed by atoms with Crippen LogP contribution in [0, 0.1) is 23.2 Å². The molecule has 5 nitrogen and oxygen atoms in total. The highest BCUT2D eigenvalue weighted by Crippen LogP contribution is 2.42. The Hall–Kier alpha value is -1.10. The number of amides is 1. The minimum atomic E-state index is -0.867. The molecule has 2 fully saturated rings. The van der Waals surface area contributed by atoms with Crippen LogP contribution in [0.1, 0.15) is 46.5 Å².